The lowest BCUT2D eigenvalue weighted by atomic mass is 10.2. The van der Waals surface area contributed by atoms with Gasteiger partial charge in [-0.3, -0.25) is 0 Å². The maximum absolute atomic E-state index is 11.3. The largest absolute Gasteiger partial charge is 0.548 e. The van der Waals surface area contributed by atoms with Crippen LogP contribution in [-0.2, 0) is 11.3 Å². The minimum atomic E-state index is -1.34. The molecule has 0 aliphatic rings. The molecule has 92 valence electrons. The zero-order chi connectivity index (χ0) is 12.8. The fourth-order valence-electron chi connectivity index (χ4n) is 1.12. The molecule has 0 saturated heterocycles. The van der Waals surface area contributed by atoms with E-state index < -0.39 is 18.0 Å². The molecule has 0 aliphatic carbocycles. The molecule has 1 atom stereocenters. The van der Waals surface area contributed by atoms with Gasteiger partial charge in [0.1, 0.15) is 0 Å². The summed E-state index contributed by atoms with van der Waals surface area (Å²) in [5.74, 6) is -1.34. The third-order valence-corrected chi connectivity index (χ3v) is 2.47. The molecule has 2 amide bonds. The third-order valence-electron chi connectivity index (χ3n) is 2.10. The van der Waals surface area contributed by atoms with Crippen molar-refractivity contribution in [1.82, 2.24) is 10.6 Å². The summed E-state index contributed by atoms with van der Waals surface area (Å²) in [4.78, 5) is 21.7. The number of carbonyl (C=O) groups is 2. The van der Waals surface area contributed by atoms with Crippen LogP contribution in [0.1, 0.15) is 12.5 Å². The smallest absolute Gasteiger partial charge is 0.315 e. The lowest BCUT2D eigenvalue weighted by Crippen LogP contribution is -2.49. The topological polar surface area (TPSA) is 81.3 Å². The van der Waals surface area contributed by atoms with E-state index in [0.29, 0.717) is 5.02 Å². The van der Waals surface area contributed by atoms with Crippen LogP contribution in [0.2, 0.25) is 5.02 Å². The molecule has 0 saturated carbocycles. The number of carbonyl (C=O) groups excluding carboxylic acids is 2. The summed E-state index contributed by atoms with van der Waals surface area (Å²) in [6.07, 6.45) is 0. The molecule has 1 rings (SSSR count). The van der Waals surface area contributed by atoms with Gasteiger partial charge >= 0.3 is 6.03 Å². The SMILES string of the molecule is C[C@@H](NC(=O)NCc1ccccc1Cl)C(=O)[O-]. The zero-order valence-corrected chi connectivity index (χ0v) is 9.95. The lowest BCUT2D eigenvalue weighted by molar-refractivity contribution is -0.307. The van der Waals surface area contributed by atoms with Crippen molar-refractivity contribution in [3.05, 3.63) is 34.9 Å². The zero-order valence-electron chi connectivity index (χ0n) is 9.20. The molecule has 0 unspecified atom stereocenters. The normalized spacial score (nSPS) is 11.6. The van der Waals surface area contributed by atoms with Gasteiger partial charge in [0, 0.05) is 11.6 Å². The molecule has 1 aromatic carbocycles. The number of halogens is 1. The van der Waals surface area contributed by atoms with Crippen molar-refractivity contribution in [2.75, 3.05) is 0 Å². The maximum atomic E-state index is 11.3. The third kappa shape index (κ3) is 4.32. The van der Waals surface area contributed by atoms with Crippen LogP contribution in [0.15, 0.2) is 24.3 Å². The molecule has 0 aromatic heterocycles. The minimum absolute atomic E-state index is 0.227. The van der Waals surface area contributed by atoms with Crippen LogP contribution < -0.4 is 15.7 Å². The lowest BCUT2D eigenvalue weighted by Gasteiger charge is -2.15. The highest BCUT2D eigenvalue weighted by atomic mass is 35.5. The van der Waals surface area contributed by atoms with Crippen LogP contribution in [0.25, 0.3) is 0 Å². The van der Waals surface area contributed by atoms with Crippen molar-refractivity contribution in [2.24, 2.45) is 0 Å². The van der Waals surface area contributed by atoms with E-state index in [4.69, 9.17) is 11.6 Å². The fourth-order valence-corrected chi connectivity index (χ4v) is 1.33. The standard InChI is InChI=1S/C11H13ClN2O3/c1-7(10(15)16)14-11(17)13-6-8-4-2-3-5-9(8)12/h2-5,7H,6H2,1H3,(H,15,16)(H2,13,14,17)/p-1/t7-/m1/s1. The molecule has 2 N–H and O–H groups in total. The van der Waals surface area contributed by atoms with Crippen LogP contribution in [0, 0.1) is 0 Å². The molecule has 6 heteroatoms. The number of amides is 2. The van der Waals surface area contributed by atoms with Crippen LogP contribution in [-0.4, -0.2) is 18.0 Å². The number of carboxylic acid groups (broad SMARTS) is 1. The number of hydrogen-bond donors (Lipinski definition) is 2. The first-order valence-electron chi connectivity index (χ1n) is 4.99. The molecule has 5 nitrogen and oxygen atoms in total. The highest BCUT2D eigenvalue weighted by Crippen LogP contribution is 2.13. The molecular weight excluding hydrogens is 244 g/mol. The highest BCUT2D eigenvalue weighted by molar-refractivity contribution is 6.31. The number of urea groups is 1. The van der Waals surface area contributed by atoms with E-state index in [9.17, 15) is 14.7 Å². The predicted octanol–water partition coefficient (Wildman–Crippen LogP) is 0.278. The molecule has 0 bridgehead atoms. The molecule has 0 radical (unpaired) electrons. The van der Waals surface area contributed by atoms with Gasteiger partial charge in [0.05, 0.1) is 12.0 Å². The summed E-state index contributed by atoms with van der Waals surface area (Å²) in [5, 5.41) is 15.6. The molecule has 1 aromatic rings. The Balaban J connectivity index is 2.44. The number of carboxylic acids is 1. The summed E-state index contributed by atoms with van der Waals surface area (Å²) in [6, 6.07) is 5.43. The fraction of sp³-hybridized carbons (Fsp3) is 0.273. The van der Waals surface area contributed by atoms with Crippen LogP contribution >= 0.6 is 11.6 Å². The van der Waals surface area contributed by atoms with Gasteiger partial charge < -0.3 is 20.5 Å². The van der Waals surface area contributed by atoms with E-state index >= 15 is 0 Å². The first kappa shape index (κ1) is 13.3. The molecule has 17 heavy (non-hydrogen) atoms. The monoisotopic (exact) mass is 255 g/mol. The van der Waals surface area contributed by atoms with Crippen LogP contribution in [0.4, 0.5) is 4.79 Å². The van der Waals surface area contributed by atoms with Gasteiger partial charge in [0.25, 0.3) is 0 Å². The second-order valence-corrected chi connectivity index (χ2v) is 3.87. The predicted molar refractivity (Wildman–Crippen MR) is 61.3 cm³/mol. The average molecular weight is 256 g/mol. The Morgan fingerprint density at radius 2 is 2.06 bits per heavy atom. The quantitative estimate of drug-likeness (QED) is 0.811. The first-order valence-corrected chi connectivity index (χ1v) is 5.37. The second kappa shape index (κ2) is 6.10. The van der Waals surface area contributed by atoms with Crippen LogP contribution in [0.3, 0.4) is 0 Å². The Morgan fingerprint density at radius 1 is 1.41 bits per heavy atom. The number of benzene rings is 1. The van der Waals surface area contributed by atoms with Gasteiger partial charge in [-0.25, -0.2) is 4.79 Å². The van der Waals surface area contributed by atoms with Gasteiger partial charge in [-0.1, -0.05) is 29.8 Å². The maximum Gasteiger partial charge on any atom is 0.315 e. The second-order valence-electron chi connectivity index (χ2n) is 3.46. The van der Waals surface area contributed by atoms with Crippen LogP contribution in [0.5, 0.6) is 0 Å². The van der Waals surface area contributed by atoms with Gasteiger partial charge in [0.2, 0.25) is 0 Å². The Labute approximate surface area is 104 Å². The van der Waals surface area contributed by atoms with Gasteiger partial charge in [-0.05, 0) is 18.6 Å². The molecular formula is C11H12ClN2O3-. The highest BCUT2D eigenvalue weighted by Gasteiger charge is 2.07. The number of hydrogen-bond acceptors (Lipinski definition) is 3. The van der Waals surface area contributed by atoms with Crippen molar-refractivity contribution >= 4 is 23.6 Å². The van der Waals surface area contributed by atoms with Crippen molar-refractivity contribution in [3.8, 4) is 0 Å². The van der Waals surface area contributed by atoms with Crippen molar-refractivity contribution in [2.45, 2.75) is 19.5 Å². The Kier molecular flexibility index (Phi) is 4.78. The number of rotatable bonds is 4. The van der Waals surface area contributed by atoms with Crippen molar-refractivity contribution in [1.29, 1.82) is 0 Å². The van der Waals surface area contributed by atoms with E-state index in [0.717, 1.165) is 5.56 Å². The summed E-state index contributed by atoms with van der Waals surface area (Å²) in [6.45, 7) is 1.55. The summed E-state index contributed by atoms with van der Waals surface area (Å²) in [5.41, 5.74) is 0.755. The minimum Gasteiger partial charge on any atom is -0.548 e. The van der Waals surface area contributed by atoms with E-state index in [1.54, 1.807) is 24.3 Å². The number of aliphatic carboxylic acids is 1. The molecule has 0 fully saturated rings. The summed E-state index contributed by atoms with van der Waals surface area (Å²) < 4.78 is 0. The Bertz CT molecular complexity index is 423. The average Bonchev–Trinajstić information content (AvgIpc) is 2.27. The van der Waals surface area contributed by atoms with Crippen molar-refractivity contribution < 1.29 is 14.7 Å². The molecule has 0 heterocycles. The van der Waals surface area contributed by atoms with Gasteiger partial charge in [-0.15, -0.1) is 0 Å². The number of nitrogens with one attached hydrogen (secondary N) is 2. The Hall–Kier alpha value is -1.75. The van der Waals surface area contributed by atoms with E-state index in [1.165, 1.54) is 6.92 Å². The van der Waals surface area contributed by atoms with Gasteiger partial charge in [0.15, 0.2) is 0 Å². The Morgan fingerprint density at radius 3 is 2.65 bits per heavy atom. The van der Waals surface area contributed by atoms with Crippen molar-refractivity contribution in [3.63, 3.8) is 0 Å². The van der Waals surface area contributed by atoms with E-state index in [1.807, 2.05) is 0 Å². The summed E-state index contributed by atoms with van der Waals surface area (Å²) in [7, 11) is 0. The van der Waals surface area contributed by atoms with E-state index in [-0.39, 0.29) is 6.54 Å². The van der Waals surface area contributed by atoms with Gasteiger partial charge in [-0.2, -0.15) is 0 Å². The molecule has 0 aliphatic heterocycles. The first-order chi connectivity index (χ1) is 8.00. The van der Waals surface area contributed by atoms with E-state index in [2.05, 4.69) is 10.6 Å². The summed E-state index contributed by atoms with van der Waals surface area (Å²) >= 11 is 5.89. The molecule has 0 spiro atoms.